The van der Waals surface area contributed by atoms with Gasteiger partial charge in [0.05, 0.1) is 12.2 Å². The van der Waals surface area contributed by atoms with Crippen molar-refractivity contribution < 1.29 is 0 Å². The maximum absolute atomic E-state index is 5.84. The molecule has 2 heterocycles. The van der Waals surface area contributed by atoms with Crippen LogP contribution in [-0.4, -0.2) is 29.1 Å². The summed E-state index contributed by atoms with van der Waals surface area (Å²) in [5.41, 5.74) is 0. The molecule has 0 spiro atoms. The highest BCUT2D eigenvalue weighted by Crippen LogP contribution is 2.17. The maximum atomic E-state index is 5.84. The first-order chi connectivity index (χ1) is 5.86. The van der Waals surface area contributed by atoms with Gasteiger partial charge in [0.15, 0.2) is 0 Å². The van der Waals surface area contributed by atoms with Crippen molar-refractivity contribution in [3.8, 4) is 0 Å². The molecule has 2 N–H and O–H groups in total. The first-order valence-corrected chi connectivity index (χ1v) is 4.17. The van der Waals surface area contributed by atoms with Crippen LogP contribution in [-0.2, 0) is 0 Å². The van der Waals surface area contributed by atoms with Gasteiger partial charge >= 0.3 is 0 Å². The van der Waals surface area contributed by atoms with Gasteiger partial charge < -0.3 is 10.6 Å². The molecule has 1 aromatic rings. The van der Waals surface area contributed by atoms with E-state index in [2.05, 4.69) is 20.6 Å². The molecular formula is C7H9ClN4. The monoisotopic (exact) mass is 184 g/mol. The minimum absolute atomic E-state index is 0.456. The van der Waals surface area contributed by atoms with Crippen LogP contribution < -0.4 is 10.6 Å². The molecule has 1 aliphatic rings. The lowest BCUT2D eigenvalue weighted by Gasteiger charge is -2.28. The highest BCUT2D eigenvalue weighted by atomic mass is 35.5. The zero-order valence-corrected chi connectivity index (χ0v) is 7.17. The third-order valence-electron chi connectivity index (χ3n) is 1.79. The van der Waals surface area contributed by atoms with Crippen LogP contribution in [0.2, 0.25) is 5.02 Å². The molecule has 0 aromatic carbocycles. The Kier molecular flexibility index (Phi) is 2.10. The number of halogens is 1. The Morgan fingerprint density at radius 2 is 2.42 bits per heavy atom. The molecule has 2 rings (SSSR count). The molecule has 1 fully saturated rings. The number of nitrogens with one attached hydrogen (secondary N) is 2. The lowest BCUT2D eigenvalue weighted by Crippen LogP contribution is -2.51. The number of hydrogen-bond acceptors (Lipinski definition) is 4. The van der Waals surface area contributed by atoms with Crippen LogP contribution in [0.25, 0.3) is 0 Å². The molecule has 1 aliphatic heterocycles. The quantitative estimate of drug-likeness (QED) is 0.704. The van der Waals surface area contributed by atoms with Gasteiger partial charge in [0.25, 0.3) is 0 Å². The van der Waals surface area contributed by atoms with E-state index < -0.39 is 0 Å². The second-order valence-electron chi connectivity index (χ2n) is 2.72. The zero-order valence-electron chi connectivity index (χ0n) is 6.42. The lowest BCUT2D eigenvalue weighted by molar-refractivity contribution is 0.471. The minimum atomic E-state index is 0.456. The Labute approximate surface area is 75.4 Å². The Hall–Kier alpha value is -0.870. The van der Waals surface area contributed by atoms with Crippen molar-refractivity contribution in [2.75, 3.05) is 18.4 Å². The zero-order chi connectivity index (χ0) is 8.39. The van der Waals surface area contributed by atoms with Crippen LogP contribution >= 0.6 is 11.6 Å². The summed E-state index contributed by atoms with van der Waals surface area (Å²) >= 11 is 5.84. The second kappa shape index (κ2) is 3.25. The van der Waals surface area contributed by atoms with Gasteiger partial charge in [-0.1, -0.05) is 11.6 Å². The van der Waals surface area contributed by atoms with E-state index in [1.54, 1.807) is 6.20 Å². The van der Waals surface area contributed by atoms with Gasteiger partial charge in [0.2, 0.25) is 0 Å². The van der Waals surface area contributed by atoms with Crippen LogP contribution in [0.4, 0.5) is 5.82 Å². The molecule has 0 radical (unpaired) electrons. The Morgan fingerprint density at radius 3 is 3.00 bits per heavy atom. The molecule has 0 unspecified atom stereocenters. The van der Waals surface area contributed by atoms with E-state index in [9.17, 15) is 0 Å². The molecule has 0 aliphatic carbocycles. The summed E-state index contributed by atoms with van der Waals surface area (Å²) in [6, 6.07) is 0.456. The van der Waals surface area contributed by atoms with Gasteiger partial charge in [0, 0.05) is 13.1 Å². The number of anilines is 1. The van der Waals surface area contributed by atoms with Gasteiger partial charge in [-0.2, -0.15) is 0 Å². The van der Waals surface area contributed by atoms with Gasteiger partial charge in [-0.25, -0.2) is 9.97 Å². The number of hydrogen-bond donors (Lipinski definition) is 2. The summed E-state index contributed by atoms with van der Waals surface area (Å²) in [5, 5.41) is 6.93. The summed E-state index contributed by atoms with van der Waals surface area (Å²) in [4.78, 5) is 7.82. The van der Waals surface area contributed by atoms with E-state index in [0.717, 1.165) is 18.9 Å². The molecule has 0 saturated carbocycles. The van der Waals surface area contributed by atoms with Crippen molar-refractivity contribution in [2.45, 2.75) is 6.04 Å². The number of aromatic nitrogens is 2. The lowest BCUT2D eigenvalue weighted by atomic mass is 10.2. The third kappa shape index (κ3) is 1.49. The largest absolute Gasteiger partial charge is 0.363 e. The normalized spacial score (nSPS) is 17.1. The standard InChI is InChI=1S/C7H9ClN4/c8-6-3-10-4-11-7(6)12-5-1-9-2-5/h3-5,9H,1-2H2,(H,10,11,12). The van der Waals surface area contributed by atoms with Crippen LogP contribution in [0.3, 0.4) is 0 Å². The van der Waals surface area contributed by atoms with Gasteiger partial charge in [-0.3, -0.25) is 0 Å². The predicted octanol–water partition coefficient (Wildman–Crippen LogP) is 0.514. The average Bonchev–Trinajstić information content (AvgIpc) is 2.00. The maximum Gasteiger partial charge on any atom is 0.148 e. The van der Waals surface area contributed by atoms with E-state index in [-0.39, 0.29) is 0 Å². The predicted molar refractivity (Wildman–Crippen MR) is 47.3 cm³/mol. The van der Waals surface area contributed by atoms with Crippen LogP contribution in [0.5, 0.6) is 0 Å². The molecule has 0 amide bonds. The molecule has 0 atom stereocenters. The number of rotatable bonds is 2. The summed E-state index contributed by atoms with van der Waals surface area (Å²) in [6.45, 7) is 1.95. The first-order valence-electron chi connectivity index (χ1n) is 3.79. The molecule has 5 heteroatoms. The van der Waals surface area contributed by atoms with Crippen molar-refractivity contribution >= 4 is 17.4 Å². The van der Waals surface area contributed by atoms with Crippen molar-refractivity contribution in [2.24, 2.45) is 0 Å². The van der Waals surface area contributed by atoms with E-state index in [1.807, 2.05) is 0 Å². The molecule has 1 aromatic heterocycles. The molecular weight excluding hydrogens is 176 g/mol. The summed E-state index contributed by atoms with van der Waals surface area (Å²) in [7, 11) is 0. The Morgan fingerprint density at radius 1 is 1.58 bits per heavy atom. The molecule has 0 bridgehead atoms. The first kappa shape index (κ1) is 7.76. The van der Waals surface area contributed by atoms with Gasteiger partial charge in [0.1, 0.15) is 17.2 Å². The van der Waals surface area contributed by atoms with Crippen LogP contribution in [0.15, 0.2) is 12.5 Å². The van der Waals surface area contributed by atoms with E-state index >= 15 is 0 Å². The van der Waals surface area contributed by atoms with E-state index in [1.165, 1.54) is 6.33 Å². The average molecular weight is 185 g/mol. The molecule has 4 nitrogen and oxygen atoms in total. The Balaban J connectivity index is 2.06. The Bertz CT molecular complexity index is 274. The van der Waals surface area contributed by atoms with Crippen LogP contribution in [0, 0.1) is 0 Å². The highest BCUT2D eigenvalue weighted by molar-refractivity contribution is 6.32. The van der Waals surface area contributed by atoms with Crippen molar-refractivity contribution in [3.05, 3.63) is 17.5 Å². The molecule has 64 valence electrons. The third-order valence-corrected chi connectivity index (χ3v) is 2.07. The number of nitrogens with zero attached hydrogens (tertiary/aromatic N) is 2. The molecule has 12 heavy (non-hydrogen) atoms. The van der Waals surface area contributed by atoms with Crippen molar-refractivity contribution in [1.82, 2.24) is 15.3 Å². The van der Waals surface area contributed by atoms with Gasteiger partial charge in [-0.15, -0.1) is 0 Å². The van der Waals surface area contributed by atoms with Gasteiger partial charge in [-0.05, 0) is 0 Å². The van der Waals surface area contributed by atoms with Crippen molar-refractivity contribution in [3.63, 3.8) is 0 Å². The fourth-order valence-corrected chi connectivity index (χ4v) is 1.16. The minimum Gasteiger partial charge on any atom is -0.363 e. The molecule has 1 saturated heterocycles. The van der Waals surface area contributed by atoms with E-state index in [4.69, 9.17) is 11.6 Å². The van der Waals surface area contributed by atoms with Crippen LogP contribution in [0.1, 0.15) is 0 Å². The fraction of sp³-hybridized carbons (Fsp3) is 0.429. The summed E-state index contributed by atoms with van der Waals surface area (Å²) in [5.74, 6) is 0.721. The SMILES string of the molecule is Clc1cncnc1NC1CNC1. The van der Waals surface area contributed by atoms with E-state index in [0.29, 0.717) is 11.1 Å². The smallest absolute Gasteiger partial charge is 0.148 e. The van der Waals surface area contributed by atoms with Crippen molar-refractivity contribution in [1.29, 1.82) is 0 Å². The highest BCUT2D eigenvalue weighted by Gasteiger charge is 2.17. The summed E-state index contributed by atoms with van der Waals surface area (Å²) in [6.07, 6.45) is 3.07. The fourth-order valence-electron chi connectivity index (χ4n) is 1.00. The second-order valence-corrected chi connectivity index (χ2v) is 3.13. The summed E-state index contributed by atoms with van der Waals surface area (Å²) < 4.78 is 0. The topological polar surface area (TPSA) is 49.8 Å².